The highest BCUT2D eigenvalue weighted by molar-refractivity contribution is 7.89. The summed E-state index contributed by atoms with van der Waals surface area (Å²) in [4.78, 5) is 4.14. The molecule has 0 atom stereocenters. The fourth-order valence-corrected chi connectivity index (χ4v) is 2.53. The van der Waals surface area contributed by atoms with Crippen LogP contribution in [0.5, 0.6) is 5.75 Å². The van der Waals surface area contributed by atoms with Gasteiger partial charge in [-0.25, -0.2) is 13.1 Å². The summed E-state index contributed by atoms with van der Waals surface area (Å²) in [7, 11) is 0.217. The largest absolute Gasteiger partial charge is 0.496 e. The maximum Gasteiger partial charge on any atom is 0.211 e. The molecule has 1 rings (SSSR count). The monoisotopic (exact) mass is 342 g/mol. The van der Waals surface area contributed by atoms with Crippen LogP contribution in [0.3, 0.4) is 0 Å². The molecule has 0 heterocycles. The van der Waals surface area contributed by atoms with Gasteiger partial charge in [-0.05, 0) is 19.4 Å². The van der Waals surface area contributed by atoms with Gasteiger partial charge in [0.25, 0.3) is 0 Å². The standard InChI is InChI=1S/C15H26N4O3S/c1-4-23(20,21)19-11-7-10-17-15(16-2)18-12-13-8-5-6-9-14(13)22-3/h5-6,8-9,19H,4,7,10-12H2,1-3H3,(H2,16,17,18). The van der Waals surface area contributed by atoms with Crippen LogP contribution in [-0.2, 0) is 16.6 Å². The van der Waals surface area contributed by atoms with E-state index in [-0.39, 0.29) is 5.75 Å². The van der Waals surface area contributed by atoms with Gasteiger partial charge in [0.15, 0.2) is 5.96 Å². The number of sulfonamides is 1. The molecule has 0 saturated carbocycles. The maximum absolute atomic E-state index is 11.3. The van der Waals surface area contributed by atoms with Crippen LogP contribution in [0.4, 0.5) is 0 Å². The van der Waals surface area contributed by atoms with Gasteiger partial charge in [0.1, 0.15) is 5.75 Å². The van der Waals surface area contributed by atoms with E-state index < -0.39 is 10.0 Å². The van der Waals surface area contributed by atoms with Crippen LogP contribution in [0.15, 0.2) is 29.3 Å². The highest BCUT2D eigenvalue weighted by atomic mass is 32.2. The molecule has 0 unspecified atom stereocenters. The molecule has 7 nitrogen and oxygen atoms in total. The van der Waals surface area contributed by atoms with Crippen molar-refractivity contribution in [2.24, 2.45) is 4.99 Å². The quantitative estimate of drug-likeness (QED) is 0.349. The Bertz CT molecular complexity index is 602. The Kier molecular flexibility index (Phi) is 8.42. The SMILES string of the molecule is CCS(=O)(=O)NCCCNC(=NC)NCc1ccccc1OC. The van der Waals surface area contributed by atoms with E-state index in [0.717, 1.165) is 11.3 Å². The van der Waals surface area contributed by atoms with E-state index in [0.29, 0.717) is 32.0 Å². The van der Waals surface area contributed by atoms with Crippen molar-refractivity contribution in [2.75, 3.05) is 33.0 Å². The average Bonchev–Trinajstić information content (AvgIpc) is 2.57. The molecule has 0 aromatic heterocycles. The molecule has 0 bridgehead atoms. The second kappa shape index (κ2) is 10.1. The zero-order valence-electron chi connectivity index (χ0n) is 13.9. The van der Waals surface area contributed by atoms with Crippen LogP contribution < -0.4 is 20.1 Å². The summed E-state index contributed by atoms with van der Waals surface area (Å²) in [6.07, 6.45) is 0.675. The Hall–Kier alpha value is -1.80. The molecule has 130 valence electrons. The molecule has 0 radical (unpaired) electrons. The van der Waals surface area contributed by atoms with Crippen molar-refractivity contribution in [3.63, 3.8) is 0 Å². The van der Waals surface area contributed by atoms with Crippen LogP contribution in [0, 0.1) is 0 Å². The average molecular weight is 342 g/mol. The highest BCUT2D eigenvalue weighted by Crippen LogP contribution is 2.16. The Morgan fingerprint density at radius 1 is 1.22 bits per heavy atom. The first-order valence-electron chi connectivity index (χ1n) is 7.56. The summed E-state index contributed by atoms with van der Waals surface area (Å²) in [5.41, 5.74) is 1.04. The van der Waals surface area contributed by atoms with E-state index >= 15 is 0 Å². The van der Waals surface area contributed by atoms with E-state index in [1.165, 1.54) is 0 Å². The first-order chi connectivity index (χ1) is 11.0. The lowest BCUT2D eigenvalue weighted by Gasteiger charge is -2.13. The molecule has 0 amide bonds. The van der Waals surface area contributed by atoms with Crippen molar-refractivity contribution in [1.82, 2.24) is 15.4 Å². The third-order valence-corrected chi connectivity index (χ3v) is 4.61. The molecule has 1 aromatic carbocycles. The number of ether oxygens (including phenoxy) is 1. The number of hydrogen-bond acceptors (Lipinski definition) is 4. The highest BCUT2D eigenvalue weighted by Gasteiger charge is 2.05. The third-order valence-electron chi connectivity index (χ3n) is 3.21. The summed E-state index contributed by atoms with van der Waals surface area (Å²) >= 11 is 0. The van der Waals surface area contributed by atoms with Gasteiger partial charge in [-0.2, -0.15) is 0 Å². The fourth-order valence-electron chi connectivity index (χ4n) is 1.87. The van der Waals surface area contributed by atoms with Crippen LogP contribution in [0.1, 0.15) is 18.9 Å². The fraction of sp³-hybridized carbons (Fsp3) is 0.533. The number of guanidine groups is 1. The normalized spacial score (nSPS) is 12.0. The van der Waals surface area contributed by atoms with Crippen LogP contribution in [0.2, 0.25) is 0 Å². The topological polar surface area (TPSA) is 91.8 Å². The van der Waals surface area contributed by atoms with Crippen molar-refractivity contribution >= 4 is 16.0 Å². The lowest BCUT2D eigenvalue weighted by molar-refractivity contribution is 0.409. The molecule has 0 aliphatic carbocycles. The summed E-state index contributed by atoms with van der Waals surface area (Å²) in [6, 6.07) is 7.77. The molecule has 3 N–H and O–H groups in total. The summed E-state index contributed by atoms with van der Waals surface area (Å²) in [6.45, 7) is 3.24. The summed E-state index contributed by atoms with van der Waals surface area (Å²) < 4.78 is 30.4. The first-order valence-corrected chi connectivity index (χ1v) is 9.21. The van der Waals surface area contributed by atoms with Gasteiger partial charge < -0.3 is 15.4 Å². The second-order valence-electron chi connectivity index (χ2n) is 4.82. The van der Waals surface area contributed by atoms with E-state index in [1.807, 2.05) is 24.3 Å². The summed E-state index contributed by atoms with van der Waals surface area (Å²) in [5, 5.41) is 6.34. The van der Waals surface area contributed by atoms with Crippen LogP contribution >= 0.6 is 0 Å². The van der Waals surface area contributed by atoms with E-state index in [2.05, 4.69) is 20.3 Å². The Morgan fingerprint density at radius 3 is 2.61 bits per heavy atom. The minimum Gasteiger partial charge on any atom is -0.496 e. The Labute approximate surface area is 138 Å². The number of nitrogens with zero attached hydrogens (tertiary/aromatic N) is 1. The number of nitrogens with one attached hydrogen (secondary N) is 3. The summed E-state index contributed by atoms with van der Waals surface area (Å²) in [5.74, 6) is 1.58. The van der Waals surface area contributed by atoms with Crippen molar-refractivity contribution in [3.8, 4) is 5.75 Å². The molecular weight excluding hydrogens is 316 g/mol. The van der Waals surface area contributed by atoms with Gasteiger partial charge in [-0.15, -0.1) is 0 Å². The molecule has 0 fully saturated rings. The lowest BCUT2D eigenvalue weighted by atomic mass is 10.2. The lowest BCUT2D eigenvalue weighted by Crippen LogP contribution is -2.38. The predicted octanol–water partition coefficient (Wildman–Crippen LogP) is 0.690. The smallest absolute Gasteiger partial charge is 0.211 e. The molecule has 0 aliphatic heterocycles. The molecular formula is C15H26N4O3S. The Morgan fingerprint density at radius 2 is 1.96 bits per heavy atom. The zero-order chi connectivity index (χ0) is 17.1. The molecule has 8 heteroatoms. The van der Waals surface area contributed by atoms with Crippen molar-refractivity contribution in [3.05, 3.63) is 29.8 Å². The minimum atomic E-state index is -3.12. The molecule has 1 aromatic rings. The maximum atomic E-state index is 11.3. The van der Waals surface area contributed by atoms with Gasteiger partial charge in [0.2, 0.25) is 10.0 Å². The van der Waals surface area contributed by atoms with Gasteiger partial charge in [0, 0.05) is 32.2 Å². The van der Waals surface area contributed by atoms with E-state index in [4.69, 9.17) is 4.74 Å². The van der Waals surface area contributed by atoms with Crippen molar-refractivity contribution in [1.29, 1.82) is 0 Å². The molecule has 0 aliphatic rings. The first kappa shape index (κ1) is 19.2. The van der Waals surface area contributed by atoms with Gasteiger partial charge in [0.05, 0.1) is 12.9 Å². The van der Waals surface area contributed by atoms with E-state index in [9.17, 15) is 8.42 Å². The number of para-hydroxylation sites is 1. The van der Waals surface area contributed by atoms with Gasteiger partial charge in [-0.3, -0.25) is 4.99 Å². The van der Waals surface area contributed by atoms with Gasteiger partial charge >= 0.3 is 0 Å². The van der Waals surface area contributed by atoms with Crippen molar-refractivity contribution in [2.45, 2.75) is 19.9 Å². The number of rotatable bonds is 9. The number of hydrogen-bond donors (Lipinski definition) is 3. The number of aliphatic imine (C=N–C) groups is 1. The number of benzene rings is 1. The van der Waals surface area contributed by atoms with Crippen LogP contribution in [-0.4, -0.2) is 47.4 Å². The Balaban J connectivity index is 2.33. The van der Waals surface area contributed by atoms with E-state index in [1.54, 1.807) is 21.1 Å². The molecule has 0 spiro atoms. The van der Waals surface area contributed by atoms with Gasteiger partial charge in [-0.1, -0.05) is 18.2 Å². The third kappa shape index (κ3) is 7.34. The zero-order valence-corrected chi connectivity index (χ0v) is 14.7. The second-order valence-corrected chi connectivity index (χ2v) is 6.91. The van der Waals surface area contributed by atoms with Crippen molar-refractivity contribution < 1.29 is 13.2 Å². The van der Waals surface area contributed by atoms with Crippen LogP contribution in [0.25, 0.3) is 0 Å². The molecule has 0 saturated heterocycles. The number of methoxy groups -OCH3 is 1. The minimum absolute atomic E-state index is 0.0998. The molecule has 23 heavy (non-hydrogen) atoms. The predicted molar refractivity (Wildman–Crippen MR) is 93.3 cm³/mol.